The SMILES string of the molecule is Cc1ccc(N(C2=CC=C(C=Cc3ccc(OCC(O)CO)cc3)CC2)c2ccc(C)cc2)cc1. The molecule has 0 spiro atoms. The van der Waals surface area contributed by atoms with Crippen LogP contribution >= 0.6 is 0 Å². The summed E-state index contributed by atoms with van der Waals surface area (Å²) in [7, 11) is 0. The lowest BCUT2D eigenvalue weighted by Gasteiger charge is -2.29. The van der Waals surface area contributed by atoms with E-state index in [2.05, 4.69) is 91.6 Å². The van der Waals surface area contributed by atoms with Crippen LogP contribution in [-0.4, -0.2) is 29.5 Å². The molecule has 2 N–H and O–H groups in total. The van der Waals surface area contributed by atoms with E-state index < -0.39 is 6.10 Å². The highest BCUT2D eigenvalue weighted by Gasteiger charge is 2.16. The topological polar surface area (TPSA) is 52.9 Å². The Kier molecular flexibility index (Phi) is 8.19. The maximum absolute atomic E-state index is 9.41. The molecule has 4 nitrogen and oxygen atoms in total. The van der Waals surface area contributed by atoms with E-state index in [1.807, 2.05) is 24.3 Å². The molecule has 180 valence electrons. The van der Waals surface area contributed by atoms with Gasteiger partial charge in [-0.05, 0) is 80.3 Å². The third-order valence-electron chi connectivity index (χ3n) is 6.05. The molecular formula is C31H33NO3. The fourth-order valence-corrected chi connectivity index (χ4v) is 3.96. The average molecular weight is 468 g/mol. The summed E-state index contributed by atoms with van der Waals surface area (Å²) in [5.41, 5.74) is 8.50. The van der Waals surface area contributed by atoms with Gasteiger partial charge in [0.05, 0.1) is 6.61 Å². The molecule has 1 aliphatic carbocycles. The van der Waals surface area contributed by atoms with E-state index in [-0.39, 0.29) is 13.2 Å². The smallest absolute Gasteiger partial charge is 0.119 e. The molecule has 0 bridgehead atoms. The van der Waals surface area contributed by atoms with Crippen molar-refractivity contribution >= 4 is 17.5 Å². The summed E-state index contributed by atoms with van der Waals surface area (Å²) in [6.07, 6.45) is 9.77. The lowest BCUT2D eigenvalue weighted by molar-refractivity contribution is 0.0536. The molecule has 0 saturated carbocycles. The fraction of sp³-hybridized carbons (Fsp3) is 0.226. The van der Waals surface area contributed by atoms with Gasteiger partial charge in [-0.15, -0.1) is 0 Å². The van der Waals surface area contributed by atoms with Gasteiger partial charge in [0.25, 0.3) is 0 Å². The summed E-state index contributed by atoms with van der Waals surface area (Å²) < 4.78 is 5.47. The largest absolute Gasteiger partial charge is 0.491 e. The van der Waals surface area contributed by atoms with Crippen molar-refractivity contribution in [2.45, 2.75) is 32.8 Å². The van der Waals surface area contributed by atoms with Gasteiger partial charge in [-0.25, -0.2) is 0 Å². The second-order valence-corrected chi connectivity index (χ2v) is 8.96. The molecule has 3 aromatic rings. The van der Waals surface area contributed by atoms with Crippen molar-refractivity contribution in [3.8, 4) is 5.75 Å². The third-order valence-corrected chi connectivity index (χ3v) is 6.05. The number of hydrogen-bond acceptors (Lipinski definition) is 4. The van der Waals surface area contributed by atoms with Gasteiger partial charge in [0, 0.05) is 17.1 Å². The molecule has 1 unspecified atom stereocenters. The summed E-state index contributed by atoms with van der Waals surface area (Å²) in [5.74, 6) is 0.673. The van der Waals surface area contributed by atoms with Crippen LogP contribution in [0, 0.1) is 13.8 Å². The van der Waals surface area contributed by atoms with Crippen molar-refractivity contribution in [3.63, 3.8) is 0 Å². The Morgan fingerprint density at radius 3 is 1.91 bits per heavy atom. The minimum Gasteiger partial charge on any atom is -0.491 e. The molecule has 1 aliphatic rings. The molecule has 0 aliphatic heterocycles. The average Bonchev–Trinajstić information content (AvgIpc) is 2.89. The maximum Gasteiger partial charge on any atom is 0.119 e. The molecule has 0 aromatic heterocycles. The fourth-order valence-electron chi connectivity index (χ4n) is 3.96. The van der Waals surface area contributed by atoms with Gasteiger partial charge in [-0.2, -0.15) is 0 Å². The Morgan fingerprint density at radius 2 is 1.40 bits per heavy atom. The summed E-state index contributed by atoms with van der Waals surface area (Å²) in [5, 5.41) is 18.3. The Hall–Kier alpha value is -3.60. The highest BCUT2D eigenvalue weighted by molar-refractivity contribution is 5.69. The van der Waals surface area contributed by atoms with Gasteiger partial charge in [0.1, 0.15) is 18.5 Å². The maximum atomic E-state index is 9.41. The molecular weight excluding hydrogens is 434 g/mol. The first-order chi connectivity index (χ1) is 17.0. The minimum atomic E-state index is -0.862. The Bertz CT molecular complexity index is 1140. The third kappa shape index (κ3) is 6.72. The zero-order valence-corrected chi connectivity index (χ0v) is 20.4. The standard InChI is InChI=1S/C31H33NO3/c1-23-3-13-27(14-4-23)32(28-15-5-24(2)6-16-28)29-17-9-25(10-18-29)7-8-26-11-19-31(20-12-26)35-22-30(34)21-33/h3-9,11-17,19-20,30,33-34H,10,18,21-22H2,1-2H3. The molecule has 1 atom stereocenters. The van der Waals surface area contributed by atoms with Crippen LogP contribution in [0.15, 0.2) is 102 Å². The Balaban J connectivity index is 1.48. The van der Waals surface area contributed by atoms with E-state index in [0.29, 0.717) is 5.75 Å². The van der Waals surface area contributed by atoms with Crippen molar-refractivity contribution in [2.75, 3.05) is 18.1 Å². The van der Waals surface area contributed by atoms with Gasteiger partial charge in [0.15, 0.2) is 0 Å². The number of benzene rings is 3. The summed E-state index contributed by atoms with van der Waals surface area (Å²) >= 11 is 0. The second-order valence-electron chi connectivity index (χ2n) is 8.96. The highest BCUT2D eigenvalue weighted by Crippen LogP contribution is 2.34. The van der Waals surface area contributed by atoms with Gasteiger partial charge in [-0.1, -0.05) is 65.8 Å². The molecule has 0 amide bonds. The summed E-state index contributed by atoms with van der Waals surface area (Å²) in [6, 6.07) is 25.1. The number of hydrogen-bond donors (Lipinski definition) is 2. The van der Waals surface area contributed by atoms with Crippen LogP contribution in [0.2, 0.25) is 0 Å². The summed E-state index contributed by atoms with van der Waals surface area (Å²) in [6.45, 7) is 4.00. The van der Waals surface area contributed by atoms with Gasteiger partial charge >= 0.3 is 0 Å². The second kappa shape index (κ2) is 11.7. The van der Waals surface area contributed by atoms with E-state index in [4.69, 9.17) is 9.84 Å². The van der Waals surface area contributed by atoms with E-state index >= 15 is 0 Å². The van der Waals surface area contributed by atoms with Crippen molar-refractivity contribution in [2.24, 2.45) is 0 Å². The number of aryl methyl sites for hydroxylation is 2. The van der Waals surface area contributed by atoms with Crippen molar-refractivity contribution in [3.05, 3.63) is 119 Å². The van der Waals surface area contributed by atoms with Crippen LogP contribution in [0.25, 0.3) is 6.08 Å². The van der Waals surface area contributed by atoms with Crippen LogP contribution in [0.4, 0.5) is 11.4 Å². The van der Waals surface area contributed by atoms with E-state index in [1.54, 1.807) is 0 Å². The Morgan fingerprint density at radius 1 is 0.800 bits per heavy atom. The van der Waals surface area contributed by atoms with Crippen LogP contribution in [0.5, 0.6) is 5.75 Å². The van der Waals surface area contributed by atoms with Crippen molar-refractivity contribution < 1.29 is 14.9 Å². The number of anilines is 2. The van der Waals surface area contributed by atoms with Gasteiger partial charge in [-0.3, -0.25) is 0 Å². The monoisotopic (exact) mass is 467 g/mol. The molecule has 0 fully saturated rings. The predicted octanol–water partition coefficient (Wildman–Crippen LogP) is 6.49. The first kappa shape index (κ1) is 24.5. The quantitative estimate of drug-likeness (QED) is 0.378. The highest BCUT2D eigenvalue weighted by atomic mass is 16.5. The lowest BCUT2D eigenvalue weighted by Crippen LogP contribution is -2.21. The van der Waals surface area contributed by atoms with Crippen LogP contribution in [0.1, 0.15) is 29.5 Å². The molecule has 3 aromatic carbocycles. The molecule has 0 saturated heterocycles. The van der Waals surface area contributed by atoms with Crippen molar-refractivity contribution in [1.29, 1.82) is 0 Å². The molecule has 0 heterocycles. The van der Waals surface area contributed by atoms with Gasteiger partial charge in [0.2, 0.25) is 0 Å². The van der Waals surface area contributed by atoms with Crippen molar-refractivity contribution in [1.82, 2.24) is 0 Å². The number of ether oxygens (including phenoxy) is 1. The number of nitrogens with zero attached hydrogens (tertiary/aromatic N) is 1. The normalized spacial score (nSPS) is 14.4. The van der Waals surface area contributed by atoms with Gasteiger partial charge < -0.3 is 19.8 Å². The molecule has 0 radical (unpaired) electrons. The van der Waals surface area contributed by atoms with E-state index in [9.17, 15) is 5.11 Å². The van der Waals surface area contributed by atoms with Crippen LogP contribution in [0.3, 0.4) is 0 Å². The van der Waals surface area contributed by atoms with E-state index in [1.165, 1.54) is 33.8 Å². The first-order valence-corrected chi connectivity index (χ1v) is 12.0. The number of rotatable bonds is 9. The molecule has 35 heavy (non-hydrogen) atoms. The predicted molar refractivity (Wildman–Crippen MR) is 144 cm³/mol. The number of allylic oxidation sites excluding steroid dienone is 5. The molecule has 4 heteroatoms. The van der Waals surface area contributed by atoms with E-state index in [0.717, 1.165) is 18.4 Å². The number of aliphatic hydroxyl groups is 2. The minimum absolute atomic E-state index is 0.0788. The lowest BCUT2D eigenvalue weighted by atomic mass is 9.99. The van der Waals surface area contributed by atoms with Crippen LogP contribution < -0.4 is 9.64 Å². The first-order valence-electron chi connectivity index (χ1n) is 12.0. The zero-order valence-electron chi connectivity index (χ0n) is 20.4. The Labute approximate surface area is 208 Å². The number of aliphatic hydroxyl groups excluding tert-OH is 2. The summed E-state index contributed by atoms with van der Waals surface area (Å²) in [4.78, 5) is 2.35. The molecule has 4 rings (SSSR count). The van der Waals surface area contributed by atoms with Crippen LogP contribution in [-0.2, 0) is 0 Å². The zero-order chi connectivity index (χ0) is 24.6.